The van der Waals surface area contributed by atoms with Gasteiger partial charge in [0.1, 0.15) is 12.6 Å². The van der Waals surface area contributed by atoms with Gasteiger partial charge in [-0.25, -0.2) is 0 Å². The average Bonchev–Trinajstić information content (AvgIpc) is 2.22. The third kappa shape index (κ3) is 6.79. The smallest absolute Gasteiger partial charge is 0.323 e. The van der Waals surface area contributed by atoms with Gasteiger partial charge in [0.2, 0.25) is 11.8 Å². The first kappa shape index (κ1) is 17.4. The number of carbonyl (C=O) groups excluding carboxylic acids is 2. The predicted molar refractivity (Wildman–Crippen MR) is 71.5 cm³/mol. The first-order chi connectivity index (χ1) is 8.65. The lowest BCUT2D eigenvalue weighted by atomic mass is 10.0. The quantitative estimate of drug-likeness (QED) is 0.715. The zero-order chi connectivity index (χ0) is 15.2. The maximum Gasteiger partial charge on any atom is 0.323 e. The summed E-state index contributed by atoms with van der Waals surface area (Å²) in [6.45, 7) is 8.79. The van der Waals surface area contributed by atoms with Crippen LogP contribution in [0.1, 0.15) is 34.6 Å². The molecule has 1 atom stereocenters. The Morgan fingerprint density at radius 3 is 2.00 bits per heavy atom. The minimum Gasteiger partial charge on any atom is -0.480 e. The normalized spacial score (nSPS) is 12.4. The lowest BCUT2D eigenvalue weighted by Crippen LogP contribution is -2.52. The molecular formula is C13H24N2O4. The Labute approximate surface area is 114 Å². The van der Waals surface area contributed by atoms with Crippen molar-refractivity contribution in [3.63, 3.8) is 0 Å². The van der Waals surface area contributed by atoms with Gasteiger partial charge in [-0.15, -0.1) is 0 Å². The number of carbonyl (C=O) groups is 3. The van der Waals surface area contributed by atoms with Crippen LogP contribution in [0.3, 0.4) is 0 Å². The van der Waals surface area contributed by atoms with Crippen LogP contribution in [0.25, 0.3) is 0 Å². The molecule has 19 heavy (non-hydrogen) atoms. The fraction of sp³-hybridized carbons (Fsp3) is 0.769. The molecule has 2 amide bonds. The van der Waals surface area contributed by atoms with Crippen molar-refractivity contribution >= 4 is 17.8 Å². The van der Waals surface area contributed by atoms with Crippen molar-refractivity contribution in [1.29, 1.82) is 0 Å². The number of carboxylic acids is 1. The van der Waals surface area contributed by atoms with E-state index in [2.05, 4.69) is 5.32 Å². The molecule has 6 nitrogen and oxygen atoms in total. The van der Waals surface area contributed by atoms with Crippen molar-refractivity contribution in [2.75, 3.05) is 13.1 Å². The monoisotopic (exact) mass is 272 g/mol. The molecule has 0 bridgehead atoms. The Kier molecular flexibility index (Phi) is 7.11. The number of carboxylic acid groups (broad SMARTS) is 1. The Balaban J connectivity index is 4.99. The van der Waals surface area contributed by atoms with E-state index in [-0.39, 0.29) is 30.2 Å². The molecule has 0 spiro atoms. The van der Waals surface area contributed by atoms with Gasteiger partial charge in [0.05, 0.1) is 0 Å². The summed E-state index contributed by atoms with van der Waals surface area (Å²) in [5.41, 5.74) is 0. The van der Waals surface area contributed by atoms with Crippen LogP contribution in [0, 0.1) is 11.8 Å². The van der Waals surface area contributed by atoms with E-state index in [4.69, 9.17) is 5.11 Å². The van der Waals surface area contributed by atoms with Gasteiger partial charge in [-0.3, -0.25) is 14.4 Å². The van der Waals surface area contributed by atoms with E-state index in [9.17, 15) is 14.4 Å². The molecular weight excluding hydrogens is 248 g/mol. The van der Waals surface area contributed by atoms with Crippen molar-refractivity contribution in [2.24, 2.45) is 11.8 Å². The van der Waals surface area contributed by atoms with Gasteiger partial charge < -0.3 is 15.3 Å². The van der Waals surface area contributed by atoms with Crippen LogP contribution in [0.4, 0.5) is 0 Å². The van der Waals surface area contributed by atoms with E-state index in [1.54, 1.807) is 0 Å². The maximum atomic E-state index is 12.3. The first-order valence-corrected chi connectivity index (χ1v) is 6.42. The lowest BCUT2D eigenvalue weighted by molar-refractivity contribution is -0.146. The van der Waals surface area contributed by atoms with E-state index in [0.29, 0.717) is 6.54 Å². The molecule has 0 radical (unpaired) electrons. The number of hydrogen-bond donors (Lipinski definition) is 2. The summed E-state index contributed by atoms with van der Waals surface area (Å²) in [4.78, 5) is 35.6. The number of nitrogens with zero attached hydrogens (tertiary/aromatic N) is 1. The number of rotatable bonds is 7. The minimum atomic E-state index is -1.06. The Morgan fingerprint density at radius 1 is 1.16 bits per heavy atom. The zero-order valence-electron chi connectivity index (χ0n) is 12.3. The predicted octanol–water partition coefficient (Wildman–Crippen LogP) is 0.716. The molecule has 0 rings (SSSR count). The molecule has 0 aliphatic rings. The van der Waals surface area contributed by atoms with Crippen molar-refractivity contribution in [1.82, 2.24) is 10.2 Å². The third-order valence-electron chi connectivity index (χ3n) is 2.51. The Morgan fingerprint density at radius 2 is 1.68 bits per heavy atom. The van der Waals surface area contributed by atoms with Crippen molar-refractivity contribution in [3.05, 3.63) is 0 Å². The van der Waals surface area contributed by atoms with Crippen LogP contribution in [0.15, 0.2) is 0 Å². The maximum absolute atomic E-state index is 12.3. The number of nitrogens with one attached hydrogen (secondary N) is 1. The average molecular weight is 272 g/mol. The van der Waals surface area contributed by atoms with Gasteiger partial charge in [0.25, 0.3) is 0 Å². The molecule has 0 aliphatic carbocycles. The summed E-state index contributed by atoms with van der Waals surface area (Å²) < 4.78 is 0. The number of hydrogen-bond acceptors (Lipinski definition) is 3. The summed E-state index contributed by atoms with van der Waals surface area (Å²) >= 11 is 0. The topological polar surface area (TPSA) is 86.7 Å². The van der Waals surface area contributed by atoms with Gasteiger partial charge in [0, 0.05) is 13.5 Å². The van der Waals surface area contributed by atoms with E-state index in [1.165, 1.54) is 11.8 Å². The van der Waals surface area contributed by atoms with E-state index >= 15 is 0 Å². The third-order valence-corrected chi connectivity index (χ3v) is 2.51. The highest BCUT2D eigenvalue weighted by molar-refractivity contribution is 5.89. The van der Waals surface area contributed by atoms with Crippen molar-refractivity contribution in [3.8, 4) is 0 Å². The molecule has 0 aliphatic heterocycles. The molecule has 1 unspecified atom stereocenters. The largest absolute Gasteiger partial charge is 0.480 e. The Bertz CT molecular complexity index is 340. The standard InChI is InChI=1S/C13H24N2O4/c1-8(2)6-15(7-11(17)18)13(19)12(9(3)4)14-10(5)16/h8-9,12H,6-7H2,1-5H3,(H,14,16)(H,17,18). The van der Waals surface area contributed by atoms with Crippen LogP contribution < -0.4 is 5.32 Å². The van der Waals surface area contributed by atoms with Crippen LogP contribution in [0.2, 0.25) is 0 Å². The minimum absolute atomic E-state index is 0.0974. The summed E-state index contributed by atoms with van der Waals surface area (Å²) in [5.74, 6) is -1.64. The molecule has 0 aromatic heterocycles. The molecule has 110 valence electrons. The molecule has 0 saturated heterocycles. The molecule has 6 heteroatoms. The SMILES string of the molecule is CC(=O)NC(C(=O)N(CC(=O)O)CC(C)C)C(C)C. The van der Waals surface area contributed by atoms with Crippen LogP contribution in [0.5, 0.6) is 0 Å². The van der Waals surface area contributed by atoms with E-state index in [0.717, 1.165) is 0 Å². The lowest BCUT2D eigenvalue weighted by Gasteiger charge is -2.29. The van der Waals surface area contributed by atoms with E-state index < -0.39 is 12.0 Å². The molecule has 0 saturated carbocycles. The van der Waals surface area contributed by atoms with Gasteiger partial charge in [-0.1, -0.05) is 27.7 Å². The first-order valence-electron chi connectivity index (χ1n) is 6.42. The molecule has 0 heterocycles. The van der Waals surface area contributed by atoms with E-state index in [1.807, 2.05) is 27.7 Å². The highest BCUT2D eigenvalue weighted by atomic mass is 16.4. The van der Waals surface area contributed by atoms with Gasteiger partial charge >= 0.3 is 5.97 Å². The van der Waals surface area contributed by atoms with Crippen LogP contribution >= 0.6 is 0 Å². The van der Waals surface area contributed by atoms with Crippen molar-refractivity contribution in [2.45, 2.75) is 40.7 Å². The highest BCUT2D eigenvalue weighted by Crippen LogP contribution is 2.09. The summed E-state index contributed by atoms with van der Waals surface area (Å²) in [5, 5.41) is 11.4. The van der Waals surface area contributed by atoms with Crippen LogP contribution in [-0.2, 0) is 14.4 Å². The summed E-state index contributed by atoms with van der Waals surface area (Å²) in [6, 6.07) is -0.685. The highest BCUT2D eigenvalue weighted by Gasteiger charge is 2.29. The van der Waals surface area contributed by atoms with Gasteiger partial charge in [-0.05, 0) is 11.8 Å². The van der Waals surface area contributed by atoms with Gasteiger partial charge in [0.15, 0.2) is 0 Å². The molecule has 2 N–H and O–H groups in total. The zero-order valence-corrected chi connectivity index (χ0v) is 12.3. The second kappa shape index (κ2) is 7.76. The second-order valence-corrected chi connectivity index (χ2v) is 5.43. The summed E-state index contributed by atoms with van der Waals surface area (Å²) in [7, 11) is 0. The van der Waals surface area contributed by atoms with Crippen molar-refractivity contribution < 1.29 is 19.5 Å². The molecule has 0 fully saturated rings. The second-order valence-electron chi connectivity index (χ2n) is 5.43. The molecule has 0 aromatic rings. The van der Waals surface area contributed by atoms with Gasteiger partial charge in [-0.2, -0.15) is 0 Å². The Hall–Kier alpha value is -1.59. The number of amides is 2. The fourth-order valence-electron chi connectivity index (χ4n) is 1.77. The molecule has 0 aromatic carbocycles. The summed E-state index contributed by atoms with van der Waals surface area (Å²) in [6.07, 6.45) is 0. The fourth-order valence-corrected chi connectivity index (χ4v) is 1.77. The van der Waals surface area contributed by atoms with Crippen LogP contribution in [-0.4, -0.2) is 46.9 Å². The number of aliphatic carboxylic acids is 1.